The Morgan fingerprint density at radius 1 is 1.17 bits per heavy atom. The van der Waals surface area contributed by atoms with Crippen LogP contribution in [0, 0.1) is 5.92 Å². The lowest BCUT2D eigenvalue weighted by Gasteiger charge is -2.35. The summed E-state index contributed by atoms with van der Waals surface area (Å²) >= 11 is 1.51. The first-order chi connectivity index (χ1) is 14.6. The summed E-state index contributed by atoms with van der Waals surface area (Å²) in [5.74, 6) is 0.258. The minimum absolute atomic E-state index is 0.282. The lowest BCUT2D eigenvalue weighted by atomic mass is 9.90. The minimum atomic E-state index is -0.475. The standard InChI is InChI=1S/C23H27N3O3S/c1-29-22(27)20-18(24-23(28)25-21(20)19-8-5-13-30-19)15-26-11-9-17(10-12-26)14-16-6-3-2-4-7-16/h2-8,13,17,21H,9-12,14-15H2,1H3,(H2,24,25,28)/t21-/m0/s1. The van der Waals surface area contributed by atoms with Crippen molar-refractivity contribution in [2.45, 2.75) is 25.3 Å². The zero-order valence-corrected chi connectivity index (χ0v) is 17.9. The van der Waals surface area contributed by atoms with E-state index in [1.165, 1.54) is 24.0 Å². The van der Waals surface area contributed by atoms with E-state index in [-0.39, 0.29) is 6.03 Å². The molecule has 158 valence electrons. The number of likely N-dealkylation sites (tertiary alicyclic amines) is 1. The van der Waals surface area contributed by atoms with Crippen molar-refractivity contribution in [2.75, 3.05) is 26.7 Å². The Labute approximate surface area is 180 Å². The molecule has 0 aliphatic carbocycles. The molecule has 2 amide bonds. The topological polar surface area (TPSA) is 70.7 Å². The Bertz CT molecular complexity index is 903. The first-order valence-electron chi connectivity index (χ1n) is 10.3. The van der Waals surface area contributed by atoms with Crippen molar-refractivity contribution in [3.63, 3.8) is 0 Å². The fraction of sp³-hybridized carbons (Fsp3) is 0.391. The van der Waals surface area contributed by atoms with E-state index < -0.39 is 12.0 Å². The molecule has 2 N–H and O–H groups in total. The second-order valence-corrected chi connectivity index (χ2v) is 8.82. The van der Waals surface area contributed by atoms with Crippen molar-refractivity contribution >= 4 is 23.3 Å². The van der Waals surface area contributed by atoms with Crippen LogP contribution in [0.1, 0.15) is 29.3 Å². The number of ether oxygens (including phenoxy) is 1. The van der Waals surface area contributed by atoms with Crippen molar-refractivity contribution in [3.8, 4) is 0 Å². The van der Waals surface area contributed by atoms with E-state index in [9.17, 15) is 9.59 Å². The molecule has 6 nitrogen and oxygen atoms in total. The predicted molar refractivity (Wildman–Crippen MR) is 117 cm³/mol. The van der Waals surface area contributed by atoms with Crippen LogP contribution in [0.15, 0.2) is 59.1 Å². The summed E-state index contributed by atoms with van der Waals surface area (Å²) < 4.78 is 5.05. The highest BCUT2D eigenvalue weighted by Gasteiger charge is 2.35. The molecule has 0 bridgehead atoms. The van der Waals surface area contributed by atoms with E-state index in [0.29, 0.717) is 23.7 Å². The van der Waals surface area contributed by atoms with Crippen LogP contribution in [0.4, 0.5) is 4.79 Å². The summed E-state index contributed by atoms with van der Waals surface area (Å²) in [6, 6.07) is 13.7. The van der Waals surface area contributed by atoms with Crippen LogP contribution >= 0.6 is 11.3 Å². The van der Waals surface area contributed by atoms with Crippen molar-refractivity contribution in [1.29, 1.82) is 0 Å². The molecule has 2 aromatic rings. The molecule has 0 radical (unpaired) electrons. The fourth-order valence-electron chi connectivity index (χ4n) is 4.28. The molecule has 1 atom stereocenters. The highest BCUT2D eigenvalue weighted by molar-refractivity contribution is 7.10. The molecule has 30 heavy (non-hydrogen) atoms. The highest BCUT2D eigenvalue weighted by atomic mass is 32.1. The number of carbonyl (C=O) groups excluding carboxylic acids is 2. The average molecular weight is 426 g/mol. The van der Waals surface area contributed by atoms with Crippen LogP contribution in [-0.2, 0) is 16.0 Å². The summed E-state index contributed by atoms with van der Waals surface area (Å²) in [5, 5.41) is 7.67. The third kappa shape index (κ3) is 4.74. The largest absolute Gasteiger partial charge is 0.466 e. The van der Waals surface area contributed by atoms with Gasteiger partial charge in [0.1, 0.15) is 0 Å². The second kappa shape index (κ2) is 9.45. The number of urea groups is 1. The number of hydrogen-bond acceptors (Lipinski definition) is 5. The van der Waals surface area contributed by atoms with Crippen molar-refractivity contribution in [2.24, 2.45) is 5.92 Å². The third-order valence-electron chi connectivity index (χ3n) is 5.84. The van der Waals surface area contributed by atoms with Gasteiger partial charge in [0.2, 0.25) is 0 Å². The smallest absolute Gasteiger partial charge is 0.338 e. The van der Waals surface area contributed by atoms with Crippen LogP contribution in [0.5, 0.6) is 0 Å². The summed E-state index contributed by atoms with van der Waals surface area (Å²) in [5.41, 5.74) is 2.52. The number of carbonyl (C=O) groups is 2. The normalized spacial score (nSPS) is 20.6. The summed E-state index contributed by atoms with van der Waals surface area (Å²) in [7, 11) is 1.38. The predicted octanol–water partition coefficient (Wildman–Crippen LogP) is 3.48. The molecule has 1 aromatic carbocycles. The quantitative estimate of drug-likeness (QED) is 0.695. The monoisotopic (exact) mass is 425 g/mol. The van der Waals surface area contributed by atoms with Gasteiger partial charge >= 0.3 is 12.0 Å². The van der Waals surface area contributed by atoms with Gasteiger partial charge in [-0.05, 0) is 55.3 Å². The molecule has 2 aliphatic rings. The first-order valence-corrected chi connectivity index (χ1v) is 11.2. The number of nitrogens with one attached hydrogen (secondary N) is 2. The molecule has 0 saturated carbocycles. The lowest BCUT2D eigenvalue weighted by molar-refractivity contribution is -0.136. The summed E-state index contributed by atoms with van der Waals surface area (Å²) in [6.07, 6.45) is 3.32. The van der Waals surface area contributed by atoms with Gasteiger partial charge in [-0.1, -0.05) is 36.4 Å². The number of hydrogen-bond donors (Lipinski definition) is 2. The van der Waals surface area contributed by atoms with Gasteiger partial charge in [0.25, 0.3) is 0 Å². The minimum Gasteiger partial charge on any atom is -0.466 e. The van der Waals surface area contributed by atoms with Crippen LogP contribution in [0.3, 0.4) is 0 Å². The van der Waals surface area contributed by atoms with Gasteiger partial charge in [-0.15, -0.1) is 11.3 Å². The molecule has 3 heterocycles. The van der Waals surface area contributed by atoms with E-state index in [0.717, 1.165) is 37.2 Å². The number of thiophene rings is 1. The Hall–Kier alpha value is -2.64. The van der Waals surface area contributed by atoms with Crippen LogP contribution in [0.2, 0.25) is 0 Å². The molecule has 1 fully saturated rings. The van der Waals surface area contributed by atoms with E-state index in [1.807, 2.05) is 17.5 Å². The molecule has 1 saturated heterocycles. The molecular formula is C23H27N3O3S. The number of benzene rings is 1. The Morgan fingerprint density at radius 3 is 2.60 bits per heavy atom. The molecular weight excluding hydrogens is 398 g/mol. The van der Waals surface area contributed by atoms with Gasteiger partial charge in [0, 0.05) is 17.1 Å². The molecule has 2 aliphatic heterocycles. The van der Waals surface area contributed by atoms with Crippen molar-refractivity contribution in [1.82, 2.24) is 15.5 Å². The Kier molecular flexibility index (Phi) is 6.50. The molecule has 0 unspecified atom stereocenters. The van der Waals surface area contributed by atoms with Gasteiger partial charge in [0.05, 0.1) is 18.7 Å². The maximum Gasteiger partial charge on any atom is 0.338 e. The van der Waals surface area contributed by atoms with E-state index in [2.05, 4.69) is 45.9 Å². The zero-order valence-electron chi connectivity index (χ0n) is 17.1. The molecule has 4 rings (SSSR count). The fourth-order valence-corrected chi connectivity index (χ4v) is 5.07. The summed E-state index contributed by atoms with van der Waals surface area (Å²) in [6.45, 7) is 2.43. The third-order valence-corrected chi connectivity index (χ3v) is 6.78. The number of methoxy groups -OCH3 is 1. The SMILES string of the molecule is COC(=O)C1=C(CN2CCC(Cc3ccccc3)CC2)NC(=O)N[C@H]1c1cccs1. The number of rotatable bonds is 6. The summed E-state index contributed by atoms with van der Waals surface area (Å²) in [4.78, 5) is 28.1. The van der Waals surface area contributed by atoms with Crippen LogP contribution in [-0.4, -0.2) is 43.6 Å². The number of piperidine rings is 1. The van der Waals surface area contributed by atoms with Crippen LogP contribution in [0.25, 0.3) is 0 Å². The van der Waals surface area contributed by atoms with Crippen molar-refractivity contribution in [3.05, 3.63) is 69.6 Å². The molecule has 0 spiro atoms. The maximum atomic E-state index is 12.6. The average Bonchev–Trinajstić information content (AvgIpc) is 3.30. The lowest BCUT2D eigenvalue weighted by Crippen LogP contribution is -2.49. The maximum absolute atomic E-state index is 12.6. The van der Waals surface area contributed by atoms with E-state index in [4.69, 9.17) is 4.74 Å². The van der Waals surface area contributed by atoms with Gasteiger partial charge in [-0.25, -0.2) is 9.59 Å². The van der Waals surface area contributed by atoms with Gasteiger partial charge in [-0.3, -0.25) is 4.90 Å². The van der Waals surface area contributed by atoms with Crippen molar-refractivity contribution < 1.29 is 14.3 Å². The number of nitrogens with zero attached hydrogens (tertiary/aromatic N) is 1. The van der Waals surface area contributed by atoms with Crippen LogP contribution < -0.4 is 10.6 Å². The van der Waals surface area contributed by atoms with E-state index in [1.54, 1.807) is 0 Å². The Morgan fingerprint density at radius 2 is 1.93 bits per heavy atom. The highest BCUT2D eigenvalue weighted by Crippen LogP contribution is 2.31. The Balaban J connectivity index is 1.46. The molecule has 1 aromatic heterocycles. The van der Waals surface area contributed by atoms with Gasteiger partial charge in [0.15, 0.2) is 0 Å². The zero-order chi connectivity index (χ0) is 20.9. The first kappa shape index (κ1) is 20.6. The van der Waals surface area contributed by atoms with Gasteiger partial charge < -0.3 is 15.4 Å². The number of esters is 1. The number of amides is 2. The van der Waals surface area contributed by atoms with Gasteiger partial charge in [-0.2, -0.15) is 0 Å². The second-order valence-electron chi connectivity index (χ2n) is 7.84. The molecule has 7 heteroatoms. The van der Waals surface area contributed by atoms with E-state index >= 15 is 0 Å².